The van der Waals surface area contributed by atoms with E-state index in [9.17, 15) is 17.6 Å². The number of rotatable bonds is 6. The molecule has 3 N–H and O–H groups in total. The summed E-state index contributed by atoms with van der Waals surface area (Å²) in [5.74, 6) is -3.95. The van der Waals surface area contributed by atoms with Crippen molar-refractivity contribution in [3.8, 4) is 5.75 Å². The van der Waals surface area contributed by atoms with Gasteiger partial charge in [-0.25, -0.2) is 8.78 Å². The molecule has 0 saturated heterocycles. The molecule has 0 amide bonds. The lowest BCUT2D eigenvalue weighted by atomic mass is 10.3. The fraction of sp³-hybridized carbons (Fsp3) is 0.625. The molecular weight excluding hydrogens is 262 g/mol. The average molecular weight is 273 g/mol. The van der Waals surface area contributed by atoms with Gasteiger partial charge >= 0.3 is 12.3 Å². The fourth-order valence-electron chi connectivity index (χ4n) is 0.966. The van der Waals surface area contributed by atoms with E-state index in [1.54, 1.807) is 6.92 Å². The minimum absolute atomic E-state index is 0.0414. The van der Waals surface area contributed by atoms with Gasteiger partial charge in [-0.1, -0.05) is 0 Å². The van der Waals surface area contributed by atoms with Crippen molar-refractivity contribution < 1.29 is 22.3 Å². The zero-order valence-corrected chi connectivity index (χ0v) is 9.66. The Bertz CT molecular complexity index is 372. The van der Waals surface area contributed by atoms with E-state index in [4.69, 9.17) is 10.5 Å². The van der Waals surface area contributed by atoms with Crippen LogP contribution >= 0.6 is 11.5 Å². The number of nitrogens with one attached hydrogen (secondary N) is 1. The van der Waals surface area contributed by atoms with Gasteiger partial charge < -0.3 is 15.8 Å². The van der Waals surface area contributed by atoms with Crippen molar-refractivity contribution >= 4 is 22.4 Å². The minimum Gasteiger partial charge on any atom is -0.487 e. The highest BCUT2D eigenvalue weighted by molar-refractivity contribution is 7.11. The second-order valence-corrected chi connectivity index (χ2v) is 3.85. The molecule has 0 aliphatic carbocycles. The van der Waals surface area contributed by atoms with Crippen LogP contribution in [0.2, 0.25) is 0 Å². The highest BCUT2D eigenvalue weighted by atomic mass is 32.1. The van der Waals surface area contributed by atoms with Gasteiger partial charge in [-0.15, -0.1) is 0 Å². The third kappa shape index (κ3) is 3.35. The second kappa shape index (κ2) is 5.39. The predicted molar refractivity (Wildman–Crippen MR) is 57.1 cm³/mol. The Balaban J connectivity index is 2.69. The zero-order valence-electron chi connectivity index (χ0n) is 8.84. The predicted octanol–water partition coefficient (Wildman–Crippen LogP) is 2.44. The Hall–Kier alpha value is -1.25. The molecule has 1 aromatic heterocycles. The monoisotopic (exact) mass is 273 g/mol. The highest BCUT2D eigenvalue weighted by Crippen LogP contribution is 2.36. The van der Waals surface area contributed by atoms with Crippen molar-refractivity contribution in [2.45, 2.75) is 19.3 Å². The molecular formula is C8H11F4N3OS. The summed E-state index contributed by atoms with van der Waals surface area (Å²) in [6.07, 6.45) is -3.73. The molecule has 4 nitrogen and oxygen atoms in total. The van der Waals surface area contributed by atoms with Gasteiger partial charge in [0.1, 0.15) is 0 Å². The molecule has 1 heterocycles. The first-order valence-corrected chi connectivity index (χ1v) is 5.43. The number of alkyl halides is 4. The van der Waals surface area contributed by atoms with Gasteiger partial charge in [-0.05, 0) is 18.5 Å². The Morgan fingerprint density at radius 1 is 1.53 bits per heavy atom. The minimum atomic E-state index is -4.11. The summed E-state index contributed by atoms with van der Waals surface area (Å²) in [6.45, 7) is 0.740. The van der Waals surface area contributed by atoms with E-state index < -0.39 is 18.9 Å². The van der Waals surface area contributed by atoms with Crippen molar-refractivity contribution in [3.63, 3.8) is 0 Å². The van der Waals surface area contributed by atoms with Gasteiger partial charge in [-0.2, -0.15) is 13.2 Å². The number of hydrogen-bond donors (Lipinski definition) is 2. The Morgan fingerprint density at radius 2 is 2.18 bits per heavy atom. The van der Waals surface area contributed by atoms with Crippen LogP contribution in [0.3, 0.4) is 0 Å². The molecule has 0 aromatic carbocycles. The first-order valence-electron chi connectivity index (χ1n) is 4.66. The largest absolute Gasteiger partial charge is 0.487 e. The van der Waals surface area contributed by atoms with Gasteiger partial charge in [-0.3, -0.25) is 0 Å². The Morgan fingerprint density at radius 3 is 2.71 bits per heavy atom. The van der Waals surface area contributed by atoms with Crippen LogP contribution in [0, 0.1) is 0 Å². The van der Waals surface area contributed by atoms with Crippen LogP contribution in [-0.2, 0) is 0 Å². The van der Waals surface area contributed by atoms with Crippen LogP contribution in [0.15, 0.2) is 0 Å². The van der Waals surface area contributed by atoms with Crippen LogP contribution in [0.25, 0.3) is 0 Å². The van der Waals surface area contributed by atoms with Gasteiger partial charge in [0.2, 0.25) is 0 Å². The van der Waals surface area contributed by atoms with Crippen LogP contribution in [0.1, 0.15) is 6.92 Å². The summed E-state index contributed by atoms with van der Waals surface area (Å²) in [4.78, 5) is 0. The van der Waals surface area contributed by atoms with Crippen molar-refractivity contribution in [3.05, 3.63) is 0 Å². The van der Waals surface area contributed by atoms with E-state index in [1.807, 2.05) is 0 Å². The van der Waals surface area contributed by atoms with Gasteiger partial charge in [0.25, 0.3) is 0 Å². The lowest BCUT2D eigenvalue weighted by Crippen LogP contribution is -2.34. The molecule has 0 unspecified atom stereocenters. The maximum absolute atomic E-state index is 12.7. The molecule has 0 aliphatic heterocycles. The van der Waals surface area contributed by atoms with Crippen molar-refractivity contribution in [1.82, 2.24) is 4.37 Å². The molecule has 17 heavy (non-hydrogen) atoms. The Labute approximate surface area is 98.9 Å². The molecule has 98 valence electrons. The first kappa shape index (κ1) is 13.8. The normalized spacial score (nSPS) is 11.9. The molecule has 1 aromatic rings. The standard InChI is InChI=1S/C8H11F4N3OS/c1-2-16-4-5(13)15-17-6(4)14-3-8(11,12)7(9)10/h7,14H,2-3H2,1H3,(H2,13,15). The fourth-order valence-corrected chi connectivity index (χ4v) is 1.62. The van der Waals surface area contributed by atoms with Crippen LogP contribution in [0.4, 0.5) is 28.4 Å². The SMILES string of the molecule is CCOc1c(N)nsc1NCC(F)(F)C(F)F. The first-order chi connectivity index (χ1) is 7.88. The number of anilines is 2. The molecule has 0 atom stereocenters. The molecule has 1 rings (SSSR count). The van der Waals surface area contributed by atoms with Crippen molar-refractivity contribution in [2.75, 3.05) is 24.2 Å². The maximum atomic E-state index is 12.7. The number of halogens is 4. The smallest absolute Gasteiger partial charge is 0.324 e. The molecule has 0 spiro atoms. The lowest BCUT2D eigenvalue weighted by molar-refractivity contribution is -0.117. The number of aromatic nitrogens is 1. The van der Waals surface area contributed by atoms with E-state index in [2.05, 4.69) is 9.69 Å². The zero-order chi connectivity index (χ0) is 13.1. The second-order valence-electron chi connectivity index (χ2n) is 3.07. The summed E-state index contributed by atoms with van der Waals surface area (Å²) in [5, 5.41) is 2.28. The lowest BCUT2D eigenvalue weighted by Gasteiger charge is -2.16. The van der Waals surface area contributed by atoms with Crippen molar-refractivity contribution in [1.29, 1.82) is 0 Å². The van der Waals surface area contributed by atoms with E-state index in [0.29, 0.717) is 0 Å². The van der Waals surface area contributed by atoms with Gasteiger partial charge in [0.05, 0.1) is 13.2 Å². The van der Waals surface area contributed by atoms with E-state index in [-0.39, 0.29) is 23.2 Å². The van der Waals surface area contributed by atoms with Crippen molar-refractivity contribution in [2.24, 2.45) is 0 Å². The van der Waals surface area contributed by atoms with E-state index in [0.717, 1.165) is 11.5 Å². The average Bonchev–Trinajstić information content (AvgIpc) is 2.58. The molecule has 0 fully saturated rings. The summed E-state index contributed by atoms with van der Waals surface area (Å²) < 4.78 is 57.9. The van der Waals surface area contributed by atoms with Gasteiger partial charge in [0.15, 0.2) is 16.6 Å². The Kier molecular flexibility index (Phi) is 4.38. The summed E-state index contributed by atoms with van der Waals surface area (Å²) >= 11 is 0.779. The molecule has 0 aliphatic rings. The number of nitrogens with two attached hydrogens (primary N) is 1. The number of hydrogen-bond acceptors (Lipinski definition) is 5. The van der Waals surface area contributed by atoms with E-state index >= 15 is 0 Å². The highest BCUT2D eigenvalue weighted by Gasteiger charge is 2.40. The number of nitrogen functional groups attached to an aromatic ring is 1. The molecule has 0 saturated carbocycles. The third-order valence-electron chi connectivity index (χ3n) is 1.77. The number of nitrogens with zero attached hydrogens (tertiary/aromatic N) is 1. The number of ether oxygens (including phenoxy) is 1. The van der Waals surface area contributed by atoms with Gasteiger partial charge in [0, 0.05) is 0 Å². The maximum Gasteiger partial charge on any atom is 0.324 e. The summed E-state index contributed by atoms with van der Waals surface area (Å²) in [7, 11) is 0. The third-order valence-corrected chi connectivity index (χ3v) is 2.57. The quantitative estimate of drug-likeness (QED) is 0.781. The molecule has 0 bridgehead atoms. The molecule has 9 heteroatoms. The van der Waals surface area contributed by atoms with Crippen LogP contribution in [0.5, 0.6) is 5.75 Å². The van der Waals surface area contributed by atoms with Crippen LogP contribution in [-0.4, -0.2) is 29.9 Å². The topological polar surface area (TPSA) is 60.2 Å². The molecule has 0 radical (unpaired) electrons. The summed E-state index contributed by atoms with van der Waals surface area (Å²) in [5.41, 5.74) is 5.43. The summed E-state index contributed by atoms with van der Waals surface area (Å²) in [6, 6.07) is 0. The van der Waals surface area contributed by atoms with Crippen LogP contribution < -0.4 is 15.8 Å². The van der Waals surface area contributed by atoms with E-state index in [1.165, 1.54) is 0 Å².